The van der Waals surface area contributed by atoms with Gasteiger partial charge in [-0.1, -0.05) is 0 Å². The SMILES string of the molecule is C[C@@H](C(=O)NC12CC3CC(CC(C3)C1)C2)N1CCC(C(N)=O)CC1. The van der Waals surface area contributed by atoms with E-state index in [-0.39, 0.29) is 29.3 Å². The molecule has 0 aromatic carbocycles. The van der Waals surface area contributed by atoms with Crippen molar-refractivity contribution in [1.82, 2.24) is 10.2 Å². The Hall–Kier alpha value is -1.10. The number of likely N-dealkylation sites (tertiary alicyclic amines) is 1. The number of carbonyl (C=O) groups is 2. The molecule has 1 aliphatic heterocycles. The highest BCUT2D eigenvalue weighted by Gasteiger charge is 2.51. The third kappa shape index (κ3) is 2.96. The molecule has 0 aromatic rings. The quantitative estimate of drug-likeness (QED) is 0.821. The maximum absolute atomic E-state index is 12.9. The molecule has 2 amide bonds. The maximum Gasteiger partial charge on any atom is 0.237 e. The number of piperidine rings is 1. The zero-order chi connectivity index (χ0) is 16.9. The standard InChI is InChI=1S/C19H31N3O2/c1-12(22-4-2-16(3-5-22)17(20)23)18(24)21-19-9-13-6-14(10-19)8-15(7-13)11-19/h12-16H,2-11H2,1H3,(H2,20,23)(H,21,24)/t12-,13?,14?,15?,19?/m0/s1. The van der Waals surface area contributed by atoms with Crippen LogP contribution in [0.3, 0.4) is 0 Å². The number of primary amides is 1. The molecule has 4 aliphatic carbocycles. The molecular formula is C19H31N3O2. The van der Waals surface area contributed by atoms with Gasteiger partial charge in [-0.25, -0.2) is 0 Å². The molecule has 3 N–H and O–H groups in total. The van der Waals surface area contributed by atoms with Crippen LogP contribution in [0.4, 0.5) is 0 Å². The first-order valence-electron chi connectivity index (χ1n) is 9.79. The lowest BCUT2D eigenvalue weighted by Gasteiger charge is -2.57. The normalized spacial score (nSPS) is 40.5. The van der Waals surface area contributed by atoms with Crippen molar-refractivity contribution in [3.05, 3.63) is 0 Å². The number of hydrogen-bond donors (Lipinski definition) is 2. The lowest BCUT2D eigenvalue weighted by molar-refractivity contribution is -0.132. The van der Waals surface area contributed by atoms with E-state index in [4.69, 9.17) is 5.73 Å². The van der Waals surface area contributed by atoms with Gasteiger partial charge in [0.15, 0.2) is 0 Å². The van der Waals surface area contributed by atoms with Gasteiger partial charge < -0.3 is 11.1 Å². The maximum atomic E-state index is 12.9. The van der Waals surface area contributed by atoms with Crippen LogP contribution in [0.2, 0.25) is 0 Å². The fourth-order valence-corrected chi connectivity index (χ4v) is 6.37. The van der Waals surface area contributed by atoms with Crippen molar-refractivity contribution in [1.29, 1.82) is 0 Å². The summed E-state index contributed by atoms with van der Waals surface area (Å²) >= 11 is 0. The average Bonchev–Trinajstić information content (AvgIpc) is 2.52. The highest BCUT2D eigenvalue weighted by Crippen LogP contribution is 2.55. The topological polar surface area (TPSA) is 75.4 Å². The second-order valence-electron chi connectivity index (χ2n) is 9.08. The molecule has 5 aliphatic rings. The van der Waals surface area contributed by atoms with Crippen LogP contribution in [0, 0.1) is 23.7 Å². The molecule has 0 spiro atoms. The van der Waals surface area contributed by atoms with Crippen molar-refractivity contribution in [2.24, 2.45) is 29.4 Å². The Morgan fingerprint density at radius 2 is 1.54 bits per heavy atom. The molecule has 24 heavy (non-hydrogen) atoms. The van der Waals surface area contributed by atoms with Gasteiger partial charge in [-0.15, -0.1) is 0 Å². The molecule has 5 nitrogen and oxygen atoms in total. The summed E-state index contributed by atoms with van der Waals surface area (Å²) < 4.78 is 0. The van der Waals surface area contributed by atoms with E-state index < -0.39 is 0 Å². The number of nitrogens with one attached hydrogen (secondary N) is 1. The van der Waals surface area contributed by atoms with Gasteiger partial charge in [0.2, 0.25) is 11.8 Å². The molecule has 4 bridgehead atoms. The molecular weight excluding hydrogens is 302 g/mol. The van der Waals surface area contributed by atoms with E-state index in [0.717, 1.165) is 43.7 Å². The fraction of sp³-hybridized carbons (Fsp3) is 0.895. The van der Waals surface area contributed by atoms with Crippen molar-refractivity contribution in [3.8, 4) is 0 Å². The van der Waals surface area contributed by atoms with E-state index in [2.05, 4.69) is 10.2 Å². The molecule has 5 heteroatoms. The van der Waals surface area contributed by atoms with E-state index >= 15 is 0 Å². The second kappa shape index (κ2) is 6.01. The predicted molar refractivity (Wildman–Crippen MR) is 92.0 cm³/mol. The van der Waals surface area contributed by atoms with Crippen LogP contribution in [0.1, 0.15) is 58.3 Å². The largest absolute Gasteiger partial charge is 0.369 e. The number of hydrogen-bond acceptors (Lipinski definition) is 3. The zero-order valence-electron chi connectivity index (χ0n) is 14.8. The Bertz CT molecular complexity index is 489. The van der Waals surface area contributed by atoms with Gasteiger partial charge in [-0.2, -0.15) is 0 Å². The highest BCUT2D eigenvalue weighted by molar-refractivity contribution is 5.82. The van der Waals surface area contributed by atoms with Crippen molar-refractivity contribution >= 4 is 11.8 Å². The van der Waals surface area contributed by atoms with E-state index in [1.807, 2.05) is 6.92 Å². The number of amides is 2. The molecule has 4 saturated carbocycles. The van der Waals surface area contributed by atoms with Crippen molar-refractivity contribution in [2.45, 2.75) is 69.9 Å². The highest BCUT2D eigenvalue weighted by atomic mass is 16.2. The summed E-state index contributed by atoms with van der Waals surface area (Å²) in [5, 5.41) is 3.48. The second-order valence-corrected chi connectivity index (χ2v) is 9.08. The fourth-order valence-electron chi connectivity index (χ4n) is 6.37. The Kier molecular flexibility index (Phi) is 4.10. The smallest absolute Gasteiger partial charge is 0.237 e. The summed E-state index contributed by atoms with van der Waals surface area (Å²) in [5.41, 5.74) is 5.50. The van der Waals surface area contributed by atoms with E-state index in [0.29, 0.717) is 0 Å². The van der Waals surface area contributed by atoms with Gasteiger partial charge >= 0.3 is 0 Å². The Morgan fingerprint density at radius 1 is 1.04 bits per heavy atom. The first kappa shape index (κ1) is 16.4. The summed E-state index contributed by atoms with van der Waals surface area (Å²) in [4.78, 5) is 26.4. The van der Waals surface area contributed by atoms with Crippen LogP contribution in [-0.4, -0.2) is 41.4 Å². The predicted octanol–water partition coefficient (Wildman–Crippen LogP) is 1.66. The van der Waals surface area contributed by atoms with Gasteiger partial charge in [-0.05, 0) is 89.1 Å². The van der Waals surface area contributed by atoms with E-state index in [1.165, 1.54) is 38.5 Å². The van der Waals surface area contributed by atoms with Crippen LogP contribution < -0.4 is 11.1 Å². The van der Waals surface area contributed by atoms with Crippen LogP contribution >= 0.6 is 0 Å². The third-order valence-electron chi connectivity index (χ3n) is 7.29. The number of rotatable bonds is 4. The van der Waals surface area contributed by atoms with Crippen molar-refractivity contribution in [2.75, 3.05) is 13.1 Å². The summed E-state index contributed by atoms with van der Waals surface area (Å²) in [7, 11) is 0. The molecule has 0 unspecified atom stereocenters. The third-order valence-corrected chi connectivity index (χ3v) is 7.29. The molecule has 5 rings (SSSR count). The first-order valence-corrected chi connectivity index (χ1v) is 9.79. The minimum Gasteiger partial charge on any atom is -0.369 e. The summed E-state index contributed by atoms with van der Waals surface area (Å²) in [6.45, 7) is 3.60. The number of carbonyl (C=O) groups excluding carboxylic acids is 2. The summed E-state index contributed by atoms with van der Waals surface area (Å²) in [6.07, 6.45) is 9.33. The summed E-state index contributed by atoms with van der Waals surface area (Å²) in [5.74, 6) is 2.52. The van der Waals surface area contributed by atoms with E-state index in [9.17, 15) is 9.59 Å². The molecule has 134 valence electrons. The van der Waals surface area contributed by atoms with Gasteiger partial charge in [0.25, 0.3) is 0 Å². The molecule has 1 atom stereocenters. The van der Waals surface area contributed by atoms with Crippen LogP contribution in [-0.2, 0) is 9.59 Å². The minimum absolute atomic E-state index is 0.0142. The lowest BCUT2D eigenvalue weighted by atomic mass is 9.53. The van der Waals surface area contributed by atoms with E-state index in [1.54, 1.807) is 0 Å². The van der Waals surface area contributed by atoms with Gasteiger partial charge in [0, 0.05) is 11.5 Å². The van der Waals surface area contributed by atoms with Crippen LogP contribution in [0.5, 0.6) is 0 Å². The Labute approximate surface area is 144 Å². The number of nitrogens with zero attached hydrogens (tertiary/aromatic N) is 1. The van der Waals surface area contributed by atoms with Gasteiger partial charge in [-0.3, -0.25) is 14.5 Å². The van der Waals surface area contributed by atoms with Crippen LogP contribution in [0.15, 0.2) is 0 Å². The van der Waals surface area contributed by atoms with Gasteiger partial charge in [0.05, 0.1) is 6.04 Å². The lowest BCUT2D eigenvalue weighted by Crippen LogP contribution is -2.62. The summed E-state index contributed by atoms with van der Waals surface area (Å²) in [6, 6.07) is -0.105. The minimum atomic E-state index is -0.194. The Morgan fingerprint density at radius 3 is 2.00 bits per heavy atom. The molecule has 1 saturated heterocycles. The monoisotopic (exact) mass is 333 g/mol. The van der Waals surface area contributed by atoms with Crippen molar-refractivity contribution < 1.29 is 9.59 Å². The van der Waals surface area contributed by atoms with Crippen molar-refractivity contribution in [3.63, 3.8) is 0 Å². The Balaban J connectivity index is 1.35. The molecule has 0 radical (unpaired) electrons. The number of nitrogens with two attached hydrogens (primary N) is 1. The van der Waals surface area contributed by atoms with Gasteiger partial charge in [0.1, 0.15) is 0 Å². The zero-order valence-corrected chi connectivity index (χ0v) is 14.8. The first-order chi connectivity index (χ1) is 11.4. The molecule has 1 heterocycles. The molecule has 0 aromatic heterocycles. The van der Waals surface area contributed by atoms with Crippen LogP contribution in [0.25, 0.3) is 0 Å². The molecule has 5 fully saturated rings. The average molecular weight is 333 g/mol.